The van der Waals surface area contributed by atoms with E-state index in [9.17, 15) is 14.0 Å². The van der Waals surface area contributed by atoms with Gasteiger partial charge in [-0.1, -0.05) is 23.9 Å². The lowest BCUT2D eigenvalue weighted by molar-refractivity contribution is -0.136. The lowest BCUT2D eigenvalue weighted by atomic mass is 9.96. The molecule has 35 heavy (non-hydrogen) atoms. The number of hydrogen-bond donors (Lipinski definition) is 0. The van der Waals surface area contributed by atoms with Gasteiger partial charge in [0.25, 0.3) is 0 Å². The molecule has 182 valence electrons. The summed E-state index contributed by atoms with van der Waals surface area (Å²) in [6, 6.07) is 8.31. The number of benzene rings is 1. The number of esters is 1. The number of amides is 1. The highest BCUT2D eigenvalue weighted by Crippen LogP contribution is 2.45. The molecule has 1 atom stereocenters. The molecule has 1 fully saturated rings. The quantitative estimate of drug-likeness (QED) is 0.555. The van der Waals surface area contributed by atoms with Crippen LogP contribution in [0.15, 0.2) is 68.5 Å². The van der Waals surface area contributed by atoms with Crippen LogP contribution in [0, 0.1) is 5.82 Å². The van der Waals surface area contributed by atoms with E-state index in [0.29, 0.717) is 43.1 Å². The van der Waals surface area contributed by atoms with Gasteiger partial charge in [-0.2, -0.15) is 11.3 Å². The van der Waals surface area contributed by atoms with Gasteiger partial charge in [0.15, 0.2) is 5.17 Å². The summed E-state index contributed by atoms with van der Waals surface area (Å²) in [5.41, 5.74) is 3.44. The molecule has 0 radical (unpaired) electrons. The van der Waals surface area contributed by atoms with E-state index in [1.807, 2.05) is 49.9 Å². The zero-order valence-corrected chi connectivity index (χ0v) is 21.1. The minimum absolute atomic E-state index is 0.00115. The SMILES string of the molecule is COC(=O)C1=C(C)N=C2SC=C(CC(=O)N3CCN(c4ccccc4F)CC3)N2C1c1ccsc1. The molecule has 0 bridgehead atoms. The molecule has 3 aliphatic heterocycles. The summed E-state index contributed by atoms with van der Waals surface area (Å²) in [5, 5.41) is 6.67. The van der Waals surface area contributed by atoms with Crippen LogP contribution in [0.25, 0.3) is 0 Å². The Bertz CT molecular complexity index is 1230. The van der Waals surface area contributed by atoms with E-state index in [1.54, 1.807) is 23.5 Å². The van der Waals surface area contributed by atoms with Gasteiger partial charge in [0.1, 0.15) is 5.82 Å². The van der Waals surface area contributed by atoms with Crippen molar-refractivity contribution in [2.24, 2.45) is 4.99 Å². The van der Waals surface area contributed by atoms with Crippen molar-refractivity contribution in [3.63, 3.8) is 0 Å². The molecule has 7 nitrogen and oxygen atoms in total. The van der Waals surface area contributed by atoms with Crippen LogP contribution in [0.2, 0.25) is 0 Å². The molecule has 1 aromatic heterocycles. The van der Waals surface area contributed by atoms with E-state index in [1.165, 1.54) is 24.9 Å². The van der Waals surface area contributed by atoms with Crippen LogP contribution < -0.4 is 4.90 Å². The van der Waals surface area contributed by atoms with Crippen molar-refractivity contribution >= 4 is 45.8 Å². The van der Waals surface area contributed by atoms with Gasteiger partial charge >= 0.3 is 5.97 Å². The number of nitrogens with zero attached hydrogens (tertiary/aromatic N) is 4. The largest absolute Gasteiger partial charge is 0.466 e. The number of aliphatic imine (C=N–C) groups is 1. The van der Waals surface area contributed by atoms with Crippen molar-refractivity contribution in [1.29, 1.82) is 0 Å². The van der Waals surface area contributed by atoms with Crippen molar-refractivity contribution in [1.82, 2.24) is 9.80 Å². The number of carbonyl (C=O) groups excluding carboxylic acids is 2. The lowest BCUT2D eigenvalue weighted by Gasteiger charge is -2.38. The number of carbonyl (C=O) groups is 2. The fourth-order valence-corrected chi connectivity index (χ4v) is 6.30. The standard InChI is InChI=1S/C25H25FN4O3S2/c1-16-22(24(32)33-2)23(17-7-12-34-14-17)30-18(15-35-25(30)27-16)13-21(31)29-10-8-28(9-11-29)20-6-4-3-5-19(20)26/h3-7,12,14-15,23H,8-11,13H2,1-2H3. The number of thiophene rings is 1. The van der Waals surface area contributed by atoms with E-state index < -0.39 is 12.0 Å². The van der Waals surface area contributed by atoms with E-state index >= 15 is 0 Å². The monoisotopic (exact) mass is 512 g/mol. The fraction of sp³-hybridized carbons (Fsp3) is 0.320. The fourth-order valence-electron chi connectivity index (χ4n) is 4.66. The van der Waals surface area contributed by atoms with Gasteiger partial charge in [0, 0.05) is 31.9 Å². The normalized spacial score (nSPS) is 20.0. The summed E-state index contributed by atoms with van der Waals surface area (Å²) in [6.07, 6.45) is 0.194. The topological polar surface area (TPSA) is 65.5 Å². The Morgan fingerprint density at radius 1 is 1.17 bits per heavy atom. The molecule has 0 aliphatic carbocycles. The summed E-state index contributed by atoms with van der Waals surface area (Å²) in [5.74, 6) is -0.670. The van der Waals surface area contributed by atoms with Crippen molar-refractivity contribution in [3.8, 4) is 0 Å². The minimum Gasteiger partial charge on any atom is -0.466 e. The molecule has 1 unspecified atom stereocenters. The Morgan fingerprint density at radius 3 is 2.63 bits per heavy atom. The summed E-state index contributed by atoms with van der Waals surface area (Å²) in [7, 11) is 1.37. The molecule has 5 rings (SSSR count). The predicted octanol–water partition coefficient (Wildman–Crippen LogP) is 4.37. The number of amidine groups is 1. The molecular formula is C25H25FN4O3S2. The van der Waals surface area contributed by atoms with E-state index in [0.717, 1.165) is 16.4 Å². The second-order valence-corrected chi connectivity index (χ2v) is 10.1. The molecule has 1 amide bonds. The molecule has 0 saturated carbocycles. The number of ether oxygens (including phenoxy) is 1. The smallest absolute Gasteiger partial charge is 0.338 e. The van der Waals surface area contributed by atoms with Crippen LogP contribution >= 0.6 is 23.1 Å². The maximum atomic E-state index is 14.2. The highest BCUT2D eigenvalue weighted by atomic mass is 32.2. The van der Waals surface area contributed by atoms with Crippen LogP contribution in [0.1, 0.15) is 24.9 Å². The van der Waals surface area contributed by atoms with E-state index in [-0.39, 0.29) is 18.1 Å². The Morgan fingerprint density at radius 2 is 1.94 bits per heavy atom. The average Bonchev–Trinajstić information content (AvgIpc) is 3.54. The Kier molecular flexibility index (Phi) is 6.66. The lowest BCUT2D eigenvalue weighted by Crippen LogP contribution is -2.49. The molecule has 0 N–H and O–H groups in total. The third-order valence-corrected chi connectivity index (χ3v) is 8.01. The van der Waals surface area contributed by atoms with Crippen molar-refractivity contribution in [2.45, 2.75) is 19.4 Å². The van der Waals surface area contributed by atoms with Gasteiger partial charge in [-0.05, 0) is 46.9 Å². The van der Waals surface area contributed by atoms with Gasteiger partial charge in [-0.3, -0.25) is 4.79 Å². The van der Waals surface area contributed by atoms with Gasteiger partial charge in [0.05, 0.1) is 36.5 Å². The number of thioether (sulfide) groups is 1. The molecule has 1 aromatic carbocycles. The van der Waals surface area contributed by atoms with E-state index in [4.69, 9.17) is 4.74 Å². The minimum atomic E-state index is -0.423. The van der Waals surface area contributed by atoms with Crippen LogP contribution in [-0.4, -0.2) is 60.1 Å². The summed E-state index contributed by atoms with van der Waals surface area (Å²) < 4.78 is 19.2. The number of hydrogen-bond acceptors (Lipinski definition) is 8. The third kappa shape index (κ3) is 4.48. The zero-order chi connectivity index (χ0) is 24.5. The summed E-state index contributed by atoms with van der Waals surface area (Å²) in [4.78, 5) is 36.4. The first-order valence-electron chi connectivity index (χ1n) is 11.3. The molecular weight excluding hydrogens is 487 g/mol. The number of piperazine rings is 1. The Balaban J connectivity index is 1.32. The first-order chi connectivity index (χ1) is 17.0. The van der Waals surface area contributed by atoms with Crippen molar-refractivity contribution in [3.05, 3.63) is 74.8 Å². The summed E-state index contributed by atoms with van der Waals surface area (Å²) >= 11 is 3.01. The van der Waals surface area contributed by atoms with E-state index in [2.05, 4.69) is 4.99 Å². The molecule has 0 spiro atoms. The average molecular weight is 513 g/mol. The van der Waals surface area contributed by atoms with Crippen LogP contribution in [0.3, 0.4) is 0 Å². The number of para-hydroxylation sites is 1. The molecule has 4 heterocycles. The number of fused-ring (bicyclic) bond motifs is 1. The maximum Gasteiger partial charge on any atom is 0.338 e. The van der Waals surface area contributed by atoms with Crippen LogP contribution in [0.4, 0.5) is 10.1 Å². The maximum absolute atomic E-state index is 14.2. The first kappa shape index (κ1) is 23.6. The number of allylic oxidation sites excluding steroid dienone is 1. The van der Waals surface area contributed by atoms with Gasteiger partial charge in [0.2, 0.25) is 5.91 Å². The molecule has 1 saturated heterocycles. The molecule has 2 aromatic rings. The van der Waals surface area contributed by atoms with Crippen molar-refractivity contribution in [2.75, 3.05) is 38.2 Å². The number of methoxy groups -OCH3 is 1. The predicted molar refractivity (Wildman–Crippen MR) is 137 cm³/mol. The van der Waals surface area contributed by atoms with Crippen LogP contribution in [-0.2, 0) is 14.3 Å². The second kappa shape index (κ2) is 9.87. The second-order valence-electron chi connectivity index (χ2n) is 8.44. The number of halogens is 1. The van der Waals surface area contributed by atoms with Gasteiger partial charge in [-0.15, -0.1) is 0 Å². The van der Waals surface area contributed by atoms with Gasteiger partial charge in [-0.25, -0.2) is 14.2 Å². The first-order valence-corrected chi connectivity index (χ1v) is 13.1. The highest BCUT2D eigenvalue weighted by Gasteiger charge is 2.41. The molecule has 10 heteroatoms. The molecule has 3 aliphatic rings. The zero-order valence-electron chi connectivity index (χ0n) is 19.4. The Labute approximate surface area is 211 Å². The Hall–Kier alpha value is -3.11. The van der Waals surface area contributed by atoms with Crippen molar-refractivity contribution < 1.29 is 18.7 Å². The highest BCUT2D eigenvalue weighted by molar-refractivity contribution is 8.16. The third-order valence-electron chi connectivity index (χ3n) is 6.42. The van der Waals surface area contributed by atoms with Gasteiger partial charge < -0.3 is 19.4 Å². The number of rotatable bonds is 5. The van der Waals surface area contributed by atoms with Crippen LogP contribution in [0.5, 0.6) is 0 Å². The number of anilines is 1. The summed E-state index contributed by atoms with van der Waals surface area (Å²) in [6.45, 7) is 4.00.